The molecule has 1 fully saturated rings. The molecule has 2 rings (SSSR count). The highest BCUT2D eigenvalue weighted by Gasteiger charge is 2.30. The van der Waals surface area contributed by atoms with Gasteiger partial charge in [-0.1, -0.05) is 26.0 Å². The van der Waals surface area contributed by atoms with Crippen LogP contribution in [-0.2, 0) is 4.79 Å². The van der Waals surface area contributed by atoms with Crippen molar-refractivity contribution in [3.8, 4) is 5.75 Å². The second-order valence-electron chi connectivity index (χ2n) is 6.36. The van der Waals surface area contributed by atoms with Crippen LogP contribution in [0.15, 0.2) is 24.3 Å². The second kappa shape index (κ2) is 8.18. The number of para-hydroxylation sites is 2. The van der Waals surface area contributed by atoms with E-state index in [-0.39, 0.29) is 5.91 Å². The van der Waals surface area contributed by atoms with Crippen LogP contribution in [0.25, 0.3) is 0 Å². The van der Waals surface area contributed by atoms with Gasteiger partial charge in [0.1, 0.15) is 5.75 Å². The van der Waals surface area contributed by atoms with E-state index in [2.05, 4.69) is 24.1 Å². The van der Waals surface area contributed by atoms with E-state index in [1.165, 1.54) is 12.8 Å². The monoisotopic (exact) mass is 304 g/mol. The average molecular weight is 304 g/mol. The molecule has 1 amide bonds. The first-order valence-corrected chi connectivity index (χ1v) is 8.36. The van der Waals surface area contributed by atoms with Gasteiger partial charge in [0, 0.05) is 6.04 Å². The van der Waals surface area contributed by atoms with Gasteiger partial charge < -0.3 is 10.1 Å². The molecule has 0 aliphatic heterocycles. The molecule has 1 aliphatic carbocycles. The highest BCUT2D eigenvalue weighted by Crippen LogP contribution is 2.28. The molecule has 1 aliphatic rings. The molecular weight excluding hydrogens is 276 g/mol. The number of hydrogen-bond donors (Lipinski definition) is 1. The predicted molar refractivity (Wildman–Crippen MR) is 90.3 cm³/mol. The van der Waals surface area contributed by atoms with E-state index >= 15 is 0 Å². The maximum atomic E-state index is 12.3. The lowest BCUT2D eigenvalue weighted by Gasteiger charge is -2.22. The van der Waals surface area contributed by atoms with E-state index in [0.29, 0.717) is 25.1 Å². The molecule has 0 radical (unpaired) electrons. The number of carbonyl (C=O) groups excluding carboxylic acids is 1. The average Bonchev–Trinajstić information content (AvgIpc) is 3.30. The summed E-state index contributed by atoms with van der Waals surface area (Å²) in [5.41, 5.74) is 0.758. The number of carbonyl (C=O) groups is 1. The summed E-state index contributed by atoms with van der Waals surface area (Å²) in [7, 11) is 0. The van der Waals surface area contributed by atoms with E-state index in [1.54, 1.807) is 0 Å². The van der Waals surface area contributed by atoms with E-state index in [0.717, 1.165) is 24.4 Å². The fraction of sp³-hybridized carbons (Fsp3) is 0.611. The molecule has 1 saturated carbocycles. The zero-order chi connectivity index (χ0) is 15.9. The fourth-order valence-corrected chi connectivity index (χ4v) is 2.48. The van der Waals surface area contributed by atoms with Crippen molar-refractivity contribution < 1.29 is 9.53 Å². The van der Waals surface area contributed by atoms with Crippen LogP contribution < -0.4 is 10.1 Å². The Hall–Kier alpha value is -1.55. The van der Waals surface area contributed by atoms with Gasteiger partial charge in [0.25, 0.3) is 0 Å². The van der Waals surface area contributed by atoms with Crippen LogP contribution in [0.5, 0.6) is 5.75 Å². The molecule has 0 aromatic heterocycles. The van der Waals surface area contributed by atoms with Crippen LogP contribution in [-0.4, -0.2) is 36.5 Å². The Bertz CT molecular complexity index is 484. The zero-order valence-corrected chi connectivity index (χ0v) is 14.0. The van der Waals surface area contributed by atoms with Crippen LogP contribution in [0.1, 0.15) is 40.0 Å². The van der Waals surface area contributed by atoms with Gasteiger partial charge in [-0.15, -0.1) is 0 Å². The molecule has 4 nitrogen and oxygen atoms in total. The molecule has 0 saturated heterocycles. The van der Waals surface area contributed by atoms with Gasteiger partial charge in [-0.25, -0.2) is 0 Å². The Balaban J connectivity index is 1.90. The number of anilines is 1. The highest BCUT2D eigenvalue weighted by atomic mass is 16.5. The number of amides is 1. The Morgan fingerprint density at radius 1 is 1.36 bits per heavy atom. The van der Waals surface area contributed by atoms with Crippen molar-refractivity contribution in [2.75, 3.05) is 25.0 Å². The molecule has 0 unspecified atom stereocenters. The lowest BCUT2D eigenvalue weighted by atomic mass is 10.1. The molecule has 0 atom stereocenters. The molecular formula is C18H28N2O2. The minimum atomic E-state index is 0.0443. The van der Waals surface area contributed by atoms with E-state index in [1.807, 2.05) is 31.2 Å². The smallest absolute Gasteiger partial charge is 0.238 e. The Morgan fingerprint density at radius 2 is 2.09 bits per heavy atom. The van der Waals surface area contributed by atoms with Crippen LogP contribution in [0.2, 0.25) is 0 Å². The van der Waals surface area contributed by atoms with Crippen LogP contribution in [0.3, 0.4) is 0 Å². The van der Waals surface area contributed by atoms with Crippen molar-refractivity contribution in [3.05, 3.63) is 24.3 Å². The summed E-state index contributed by atoms with van der Waals surface area (Å²) in [5.74, 6) is 1.45. The summed E-state index contributed by atoms with van der Waals surface area (Å²) in [6, 6.07) is 8.20. The van der Waals surface area contributed by atoms with Gasteiger partial charge >= 0.3 is 0 Å². The van der Waals surface area contributed by atoms with Crippen molar-refractivity contribution >= 4 is 11.6 Å². The zero-order valence-electron chi connectivity index (χ0n) is 14.0. The predicted octanol–water partition coefficient (Wildman–Crippen LogP) is 3.53. The largest absolute Gasteiger partial charge is 0.492 e. The number of nitrogens with zero attached hydrogens (tertiary/aromatic N) is 1. The van der Waals surface area contributed by atoms with Gasteiger partial charge in [0.15, 0.2) is 0 Å². The van der Waals surface area contributed by atoms with Gasteiger partial charge in [-0.3, -0.25) is 9.69 Å². The molecule has 1 aromatic carbocycles. The quantitative estimate of drug-likeness (QED) is 0.759. The summed E-state index contributed by atoms with van der Waals surface area (Å²) >= 11 is 0. The second-order valence-corrected chi connectivity index (χ2v) is 6.36. The normalized spacial score (nSPS) is 14.4. The first-order chi connectivity index (χ1) is 10.6. The SMILES string of the molecule is CCOc1ccccc1NC(=O)CN(CCC(C)C)C1CC1. The van der Waals surface area contributed by atoms with Crippen LogP contribution in [0.4, 0.5) is 5.69 Å². The van der Waals surface area contributed by atoms with Crippen LogP contribution in [0, 0.1) is 5.92 Å². The van der Waals surface area contributed by atoms with Crippen LogP contribution >= 0.6 is 0 Å². The Labute approximate surface area is 133 Å². The number of nitrogens with one attached hydrogen (secondary N) is 1. The number of rotatable bonds is 9. The Morgan fingerprint density at radius 3 is 2.73 bits per heavy atom. The number of ether oxygens (including phenoxy) is 1. The van der Waals surface area contributed by atoms with Crippen molar-refractivity contribution in [3.63, 3.8) is 0 Å². The molecule has 22 heavy (non-hydrogen) atoms. The molecule has 0 bridgehead atoms. The lowest BCUT2D eigenvalue weighted by molar-refractivity contribution is -0.117. The van der Waals surface area contributed by atoms with Gasteiger partial charge in [-0.2, -0.15) is 0 Å². The van der Waals surface area contributed by atoms with E-state index < -0.39 is 0 Å². The van der Waals surface area contributed by atoms with Crippen molar-refractivity contribution in [1.29, 1.82) is 0 Å². The molecule has 0 heterocycles. The molecule has 1 aromatic rings. The summed E-state index contributed by atoms with van der Waals surface area (Å²) < 4.78 is 5.55. The Kier molecular flexibility index (Phi) is 6.25. The topological polar surface area (TPSA) is 41.6 Å². The third-order valence-electron chi connectivity index (χ3n) is 3.86. The minimum Gasteiger partial charge on any atom is -0.492 e. The van der Waals surface area contributed by atoms with E-state index in [4.69, 9.17) is 4.74 Å². The van der Waals surface area contributed by atoms with Gasteiger partial charge in [-0.05, 0) is 50.8 Å². The summed E-state index contributed by atoms with van der Waals surface area (Å²) in [4.78, 5) is 14.7. The molecule has 0 spiro atoms. The number of benzene rings is 1. The third kappa shape index (κ3) is 5.34. The fourth-order valence-electron chi connectivity index (χ4n) is 2.48. The first-order valence-electron chi connectivity index (χ1n) is 8.36. The minimum absolute atomic E-state index is 0.0443. The van der Waals surface area contributed by atoms with E-state index in [9.17, 15) is 4.79 Å². The summed E-state index contributed by atoms with van der Waals surface area (Å²) in [6.07, 6.45) is 3.58. The molecule has 4 heteroatoms. The number of hydrogen-bond acceptors (Lipinski definition) is 3. The van der Waals surface area contributed by atoms with Gasteiger partial charge in [0.05, 0.1) is 18.8 Å². The standard InChI is InChI=1S/C18H28N2O2/c1-4-22-17-8-6-5-7-16(17)19-18(21)13-20(15-9-10-15)12-11-14(2)3/h5-8,14-15H,4,9-13H2,1-3H3,(H,19,21). The third-order valence-corrected chi connectivity index (χ3v) is 3.86. The highest BCUT2D eigenvalue weighted by molar-refractivity contribution is 5.93. The lowest BCUT2D eigenvalue weighted by Crippen LogP contribution is -2.36. The maximum absolute atomic E-state index is 12.3. The molecule has 1 N–H and O–H groups in total. The van der Waals surface area contributed by atoms with Crippen molar-refractivity contribution in [2.24, 2.45) is 5.92 Å². The molecule has 122 valence electrons. The van der Waals surface area contributed by atoms with Gasteiger partial charge in [0.2, 0.25) is 5.91 Å². The summed E-state index contributed by atoms with van der Waals surface area (Å²) in [6.45, 7) is 8.46. The first kappa shape index (κ1) is 16.8. The van der Waals surface area contributed by atoms with Crippen molar-refractivity contribution in [1.82, 2.24) is 4.90 Å². The van der Waals surface area contributed by atoms with Crippen molar-refractivity contribution in [2.45, 2.75) is 46.1 Å². The summed E-state index contributed by atoms with van der Waals surface area (Å²) in [5, 5.41) is 2.99. The maximum Gasteiger partial charge on any atom is 0.238 e.